The number of nitrogens with one attached hydrogen (secondary N) is 2. The molecular formula is C16H26N2O3. The summed E-state index contributed by atoms with van der Waals surface area (Å²) in [6.45, 7) is 5.37. The molecule has 5 heteroatoms. The molecule has 0 fully saturated rings. The van der Waals surface area contributed by atoms with Crippen LogP contribution < -0.4 is 20.1 Å². The van der Waals surface area contributed by atoms with E-state index >= 15 is 0 Å². The lowest BCUT2D eigenvalue weighted by Gasteiger charge is -2.12. The van der Waals surface area contributed by atoms with E-state index in [-0.39, 0.29) is 11.9 Å². The van der Waals surface area contributed by atoms with Crippen molar-refractivity contribution in [3.05, 3.63) is 23.8 Å². The maximum atomic E-state index is 11.6. The molecule has 1 aromatic carbocycles. The number of carbonyl (C=O) groups is 1. The van der Waals surface area contributed by atoms with Gasteiger partial charge in [0, 0.05) is 31.6 Å². The zero-order chi connectivity index (χ0) is 15.7. The highest BCUT2D eigenvalue weighted by molar-refractivity contribution is 5.76. The predicted molar refractivity (Wildman–Crippen MR) is 83.8 cm³/mol. The first-order valence-electron chi connectivity index (χ1n) is 7.31. The molecule has 0 aliphatic heterocycles. The van der Waals surface area contributed by atoms with Crippen LogP contribution in [0.5, 0.6) is 11.5 Å². The van der Waals surface area contributed by atoms with Gasteiger partial charge in [0.15, 0.2) is 0 Å². The standard InChI is InChI=1S/C16H26N2O3/c1-5-12(2)18-16(19)6-7-17-11-13-8-14(20-3)10-15(9-13)21-4/h8-10,12,17H,5-7,11H2,1-4H3,(H,18,19). The second-order valence-corrected chi connectivity index (χ2v) is 5.02. The Hall–Kier alpha value is -1.75. The number of hydrogen-bond donors (Lipinski definition) is 2. The van der Waals surface area contributed by atoms with E-state index in [1.54, 1.807) is 14.2 Å². The van der Waals surface area contributed by atoms with Gasteiger partial charge in [-0.2, -0.15) is 0 Å². The van der Waals surface area contributed by atoms with Crippen LogP contribution in [0, 0.1) is 0 Å². The van der Waals surface area contributed by atoms with Gasteiger partial charge in [-0.15, -0.1) is 0 Å². The molecule has 0 aliphatic rings. The molecule has 118 valence electrons. The van der Waals surface area contributed by atoms with E-state index in [0.29, 0.717) is 19.5 Å². The van der Waals surface area contributed by atoms with Gasteiger partial charge in [0.05, 0.1) is 14.2 Å². The summed E-state index contributed by atoms with van der Waals surface area (Å²) in [6, 6.07) is 5.98. The molecule has 0 bridgehead atoms. The second-order valence-electron chi connectivity index (χ2n) is 5.02. The highest BCUT2D eigenvalue weighted by Crippen LogP contribution is 2.22. The van der Waals surface area contributed by atoms with Gasteiger partial charge < -0.3 is 20.1 Å². The van der Waals surface area contributed by atoms with E-state index in [1.807, 2.05) is 25.1 Å². The Labute approximate surface area is 127 Å². The third-order valence-corrected chi connectivity index (χ3v) is 3.29. The summed E-state index contributed by atoms with van der Waals surface area (Å²) < 4.78 is 10.5. The van der Waals surface area contributed by atoms with Crippen LogP contribution in [0.1, 0.15) is 32.3 Å². The molecule has 2 N–H and O–H groups in total. The van der Waals surface area contributed by atoms with Gasteiger partial charge in [-0.05, 0) is 31.0 Å². The van der Waals surface area contributed by atoms with Crippen LogP contribution in [0.4, 0.5) is 0 Å². The molecule has 5 nitrogen and oxygen atoms in total. The van der Waals surface area contributed by atoms with Crippen LogP contribution in [0.2, 0.25) is 0 Å². The molecule has 0 aromatic heterocycles. The molecule has 1 atom stereocenters. The molecule has 0 heterocycles. The molecule has 1 amide bonds. The topological polar surface area (TPSA) is 59.6 Å². The van der Waals surface area contributed by atoms with Gasteiger partial charge in [-0.1, -0.05) is 6.92 Å². The number of benzene rings is 1. The fourth-order valence-corrected chi connectivity index (χ4v) is 1.85. The average Bonchev–Trinajstić information content (AvgIpc) is 2.50. The van der Waals surface area contributed by atoms with Crippen LogP contribution in [0.25, 0.3) is 0 Å². The Bertz CT molecular complexity index is 427. The van der Waals surface area contributed by atoms with Gasteiger partial charge in [0.2, 0.25) is 5.91 Å². The van der Waals surface area contributed by atoms with E-state index < -0.39 is 0 Å². The Morgan fingerprint density at radius 2 is 1.81 bits per heavy atom. The minimum atomic E-state index is 0.0834. The summed E-state index contributed by atoms with van der Waals surface area (Å²) in [6.07, 6.45) is 1.42. The van der Waals surface area contributed by atoms with Crippen LogP contribution in [0.15, 0.2) is 18.2 Å². The highest BCUT2D eigenvalue weighted by atomic mass is 16.5. The third-order valence-electron chi connectivity index (χ3n) is 3.29. The number of amides is 1. The number of rotatable bonds is 9. The number of ether oxygens (including phenoxy) is 2. The molecule has 1 rings (SSSR count). The van der Waals surface area contributed by atoms with Gasteiger partial charge in [0.1, 0.15) is 11.5 Å². The number of carbonyl (C=O) groups excluding carboxylic acids is 1. The third kappa shape index (κ3) is 6.49. The summed E-state index contributed by atoms with van der Waals surface area (Å²) in [5.74, 6) is 1.61. The van der Waals surface area contributed by atoms with Crippen molar-refractivity contribution < 1.29 is 14.3 Å². The van der Waals surface area contributed by atoms with Crippen molar-refractivity contribution >= 4 is 5.91 Å². The maximum absolute atomic E-state index is 11.6. The molecule has 0 saturated heterocycles. The lowest BCUT2D eigenvalue weighted by molar-refractivity contribution is -0.121. The van der Waals surface area contributed by atoms with Crippen LogP contribution in [-0.2, 0) is 11.3 Å². The molecule has 0 spiro atoms. The zero-order valence-electron chi connectivity index (χ0n) is 13.4. The molecular weight excluding hydrogens is 268 g/mol. The molecule has 1 aromatic rings. The van der Waals surface area contributed by atoms with E-state index in [1.165, 1.54) is 0 Å². The minimum absolute atomic E-state index is 0.0834. The monoisotopic (exact) mass is 294 g/mol. The molecule has 0 aliphatic carbocycles. The summed E-state index contributed by atoms with van der Waals surface area (Å²) in [5, 5.41) is 6.20. The first kappa shape index (κ1) is 17.3. The number of methoxy groups -OCH3 is 2. The first-order chi connectivity index (χ1) is 10.1. The summed E-state index contributed by atoms with van der Waals surface area (Å²) in [7, 11) is 3.26. The van der Waals surface area contributed by atoms with E-state index in [2.05, 4.69) is 17.6 Å². The van der Waals surface area contributed by atoms with Crippen molar-refractivity contribution in [3.8, 4) is 11.5 Å². The SMILES string of the molecule is CCC(C)NC(=O)CCNCc1cc(OC)cc(OC)c1. The lowest BCUT2D eigenvalue weighted by Crippen LogP contribution is -2.33. The summed E-state index contributed by atoms with van der Waals surface area (Å²) in [5.41, 5.74) is 1.06. The maximum Gasteiger partial charge on any atom is 0.221 e. The molecule has 0 saturated carbocycles. The first-order valence-corrected chi connectivity index (χ1v) is 7.31. The largest absolute Gasteiger partial charge is 0.497 e. The van der Waals surface area contributed by atoms with Gasteiger partial charge in [0.25, 0.3) is 0 Å². The van der Waals surface area contributed by atoms with Crippen molar-refractivity contribution in [2.75, 3.05) is 20.8 Å². The van der Waals surface area contributed by atoms with Gasteiger partial charge >= 0.3 is 0 Å². The quantitative estimate of drug-likeness (QED) is 0.685. The van der Waals surface area contributed by atoms with Crippen molar-refractivity contribution in [3.63, 3.8) is 0 Å². The smallest absolute Gasteiger partial charge is 0.221 e. The number of hydrogen-bond acceptors (Lipinski definition) is 4. The van der Waals surface area contributed by atoms with Crippen LogP contribution >= 0.6 is 0 Å². The Kier molecular flexibility index (Phi) is 7.61. The van der Waals surface area contributed by atoms with Gasteiger partial charge in [-0.25, -0.2) is 0 Å². The molecule has 0 radical (unpaired) electrons. The van der Waals surface area contributed by atoms with Crippen molar-refractivity contribution in [2.24, 2.45) is 0 Å². The normalized spacial score (nSPS) is 11.8. The van der Waals surface area contributed by atoms with E-state index in [9.17, 15) is 4.79 Å². The lowest BCUT2D eigenvalue weighted by atomic mass is 10.2. The fourth-order valence-electron chi connectivity index (χ4n) is 1.85. The minimum Gasteiger partial charge on any atom is -0.497 e. The van der Waals surface area contributed by atoms with Crippen molar-refractivity contribution in [2.45, 2.75) is 39.3 Å². The van der Waals surface area contributed by atoms with Gasteiger partial charge in [-0.3, -0.25) is 4.79 Å². The Balaban J connectivity index is 2.37. The Morgan fingerprint density at radius 3 is 2.33 bits per heavy atom. The summed E-state index contributed by atoms with van der Waals surface area (Å²) >= 11 is 0. The van der Waals surface area contributed by atoms with Crippen LogP contribution in [0.3, 0.4) is 0 Å². The highest BCUT2D eigenvalue weighted by Gasteiger charge is 2.05. The Morgan fingerprint density at radius 1 is 1.19 bits per heavy atom. The van der Waals surface area contributed by atoms with Crippen molar-refractivity contribution in [1.82, 2.24) is 10.6 Å². The summed E-state index contributed by atoms with van der Waals surface area (Å²) in [4.78, 5) is 11.6. The average molecular weight is 294 g/mol. The predicted octanol–water partition coefficient (Wildman–Crippen LogP) is 2.10. The fraction of sp³-hybridized carbons (Fsp3) is 0.562. The second kappa shape index (κ2) is 9.23. The molecule has 1 unspecified atom stereocenters. The van der Waals surface area contributed by atoms with E-state index in [0.717, 1.165) is 23.5 Å². The van der Waals surface area contributed by atoms with E-state index in [4.69, 9.17) is 9.47 Å². The molecule has 21 heavy (non-hydrogen) atoms. The zero-order valence-corrected chi connectivity index (χ0v) is 13.4. The van der Waals surface area contributed by atoms with Crippen LogP contribution in [-0.4, -0.2) is 32.7 Å². The van der Waals surface area contributed by atoms with Crippen molar-refractivity contribution in [1.29, 1.82) is 0 Å².